The predicted octanol–water partition coefficient (Wildman–Crippen LogP) is -1.09. The second-order valence-corrected chi connectivity index (χ2v) is 4.57. The summed E-state index contributed by atoms with van der Waals surface area (Å²) in [5.41, 5.74) is 5.05. The largest absolute Gasteiger partial charge is 0.408 e. The lowest BCUT2D eigenvalue weighted by atomic mass is 10.1. The van der Waals surface area contributed by atoms with Gasteiger partial charge in [-0.3, -0.25) is 4.57 Å². The highest BCUT2D eigenvalue weighted by atomic mass is 35.5. The van der Waals surface area contributed by atoms with Crippen LogP contribution in [0.1, 0.15) is 6.23 Å². The second-order valence-electron chi connectivity index (χ2n) is 3.99. The Morgan fingerprint density at radius 3 is 2.89 bits per heavy atom. The summed E-state index contributed by atoms with van der Waals surface area (Å²) in [4.78, 5) is 3.65. The number of halogens is 2. The Balaban J connectivity index is 2.48. The molecule has 0 aliphatic carbocycles. The summed E-state index contributed by atoms with van der Waals surface area (Å²) in [6.45, 7) is -0.620. The van der Waals surface area contributed by atoms with Crippen LogP contribution in [0.2, 0.25) is 0 Å². The molecule has 1 aromatic rings. The molecule has 0 amide bonds. The first-order valence-corrected chi connectivity index (χ1v) is 5.64. The van der Waals surface area contributed by atoms with Crippen molar-refractivity contribution >= 4 is 17.4 Å². The van der Waals surface area contributed by atoms with Crippen LogP contribution in [0.4, 0.5) is 10.2 Å². The van der Waals surface area contributed by atoms with Crippen LogP contribution in [0, 0.1) is 0 Å². The maximum atomic E-state index is 14.3. The van der Waals surface area contributed by atoms with Crippen LogP contribution >= 0.6 is 11.6 Å². The van der Waals surface area contributed by atoms with Crippen LogP contribution in [-0.2, 0) is 4.74 Å². The van der Waals surface area contributed by atoms with Crippen LogP contribution in [0.15, 0.2) is 17.4 Å². The van der Waals surface area contributed by atoms with E-state index in [0.717, 1.165) is 4.57 Å². The van der Waals surface area contributed by atoms with Crippen molar-refractivity contribution in [2.75, 3.05) is 12.3 Å². The lowest BCUT2D eigenvalue weighted by Crippen LogP contribution is -2.41. The van der Waals surface area contributed by atoms with E-state index in [9.17, 15) is 9.50 Å². The summed E-state index contributed by atoms with van der Waals surface area (Å²) < 4.78 is 20.4. The average molecular weight is 295 g/mol. The SMILES string of the molecule is Nc1ccn([C@@H]2O[C@H](CO)[C@@H](O)[C@]2(F)Cl)/c(=N/O)n1. The fourth-order valence-electron chi connectivity index (χ4n) is 1.81. The number of nitrogens with two attached hydrogens (primary N) is 1. The number of alkyl halides is 2. The molecule has 5 N–H and O–H groups in total. The quantitative estimate of drug-likeness (QED) is 0.312. The highest BCUT2D eigenvalue weighted by molar-refractivity contribution is 6.23. The molecule has 0 saturated carbocycles. The van der Waals surface area contributed by atoms with E-state index in [-0.39, 0.29) is 11.4 Å². The first-order chi connectivity index (χ1) is 8.91. The van der Waals surface area contributed by atoms with Gasteiger partial charge in [0.1, 0.15) is 18.0 Å². The van der Waals surface area contributed by atoms with Gasteiger partial charge in [-0.25, -0.2) is 4.39 Å². The average Bonchev–Trinajstić information content (AvgIpc) is 2.61. The third kappa shape index (κ3) is 2.25. The highest BCUT2D eigenvalue weighted by Crippen LogP contribution is 2.43. The molecule has 2 rings (SSSR count). The summed E-state index contributed by atoms with van der Waals surface area (Å²) >= 11 is 5.60. The molecule has 0 spiro atoms. The Hall–Kier alpha value is -1.42. The highest BCUT2D eigenvalue weighted by Gasteiger charge is 2.57. The number of rotatable bonds is 2. The van der Waals surface area contributed by atoms with Crippen molar-refractivity contribution in [3.05, 3.63) is 17.9 Å². The van der Waals surface area contributed by atoms with Crippen LogP contribution in [0.25, 0.3) is 0 Å². The van der Waals surface area contributed by atoms with Crippen molar-refractivity contribution in [3.8, 4) is 0 Å². The van der Waals surface area contributed by atoms with E-state index in [4.69, 9.17) is 32.4 Å². The van der Waals surface area contributed by atoms with Crippen molar-refractivity contribution in [3.63, 3.8) is 0 Å². The molecule has 1 fully saturated rings. The molecule has 2 heterocycles. The minimum absolute atomic E-state index is 0.0420. The molecule has 10 heteroatoms. The van der Waals surface area contributed by atoms with E-state index in [1.807, 2.05) is 0 Å². The van der Waals surface area contributed by atoms with E-state index < -0.39 is 30.2 Å². The Morgan fingerprint density at radius 1 is 1.68 bits per heavy atom. The van der Waals surface area contributed by atoms with Gasteiger partial charge in [0, 0.05) is 6.20 Å². The molecular formula is C9H12ClFN4O4. The summed E-state index contributed by atoms with van der Waals surface area (Å²) in [5, 5.41) is 27.5. The van der Waals surface area contributed by atoms with Gasteiger partial charge >= 0.3 is 0 Å². The fraction of sp³-hybridized carbons (Fsp3) is 0.556. The predicted molar refractivity (Wildman–Crippen MR) is 60.7 cm³/mol. The molecule has 106 valence electrons. The summed E-state index contributed by atoms with van der Waals surface area (Å²) in [6.07, 6.45) is -3.24. The minimum Gasteiger partial charge on any atom is -0.408 e. The van der Waals surface area contributed by atoms with Gasteiger partial charge in [-0.05, 0) is 11.2 Å². The molecule has 8 nitrogen and oxygen atoms in total. The summed E-state index contributed by atoms with van der Waals surface area (Å²) in [6, 6.07) is 1.31. The third-order valence-electron chi connectivity index (χ3n) is 2.77. The maximum Gasteiger partial charge on any atom is 0.270 e. The van der Waals surface area contributed by atoms with Gasteiger partial charge in [-0.15, -0.1) is 0 Å². The zero-order valence-corrected chi connectivity index (χ0v) is 10.3. The first-order valence-electron chi connectivity index (χ1n) is 5.26. The van der Waals surface area contributed by atoms with Crippen molar-refractivity contribution in [1.82, 2.24) is 9.55 Å². The topological polar surface area (TPSA) is 126 Å². The smallest absolute Gasteiger partial charge is 0.270 e. The van der Waals surface area contributed by atoms with Crippen LogP contribution in [0.5, 0.6) is 0 Å². The molecule has 0 aromatic carbocycles. The van der Waals surface area contributed by atoms with E-state index >= 15 is 0 Å². The van der Waals surface area contributed by atoms with E-state index in [0.29, 0.717) is 0 Å². The molecular weight excluding hydrogens is 283 g/mol. The number of hydrogen-bond donors (Lipinski definition) is 4. The molecule has 0 radical (unpaired) electrons. The number of ether oxygens (including phenoxy) is 1. The zero-order valence-electron chi connectivity index (χ0n) is 9.52. The Kier molecular flexibility index (Phi) is 3.63. The van der Waals surface area contributed by atoms with Crippen molar-refractivity contribution < 1.29 is 24.5 Å². The van der Waals surface area contributed by atoms with Crippen molar-refractivity contribution in [2.24, 2.45) is 5.16 Å². The molecule has 4 atom stereocenters. The molecule has 1 aliphatic heterocycles. The Morgan fingerprint density at radius 2 is 2.37 bits per heavy atom. The third-order valence-corrected chi connectivity index (χ3v) is 3.18. The van der Waals surface area contributed by atoms with Crippen LogP contribution in [-0.4, -0.2) is 48.9 Å². The molecule has 1 aromatic heterocycles. The molecule has 1 saturated heterocycles. The lowest BCUT2D eigenvalue weighted by molar-refractivity contribution is -0.0527. The van der Waals surface area contributed by atoms with Crippen molar-refractivity contribution in [2.45, 2.75) is 23.6 Å². The van der Waals surface area contributed by atoms with Gasteiger partial charge in [0.05, 0.1) is 6.61 Å². The molecule has 19 heavy (non-hydrogen) atoms. The number of hydrogen-bond acceptors (Lipinski definition) is 7. The summed E-state index contributed by atoms with van der Waals surface area (Å²) in [7, 11) is 0. The minimum atomic E-state index is -2.71. The standard InChI is InChI=1S/C9H12ClFN4O4/c10-9(11)6(17)4(3-16)19-7(9)15-2-1-5(12)13-8(15)14-18/h1-2,4,6-7,16-18H,3H2,(H2,12,13,14)/t4-,6-,7-,9-/m1/s1. The number of aromatic nitrogens is 2. The lowest BCUT2D eigenvalue weighted by Gasteiger charge is -2.23. The number of aliphatic hydroxyl groups excluding tert-OH is 2. The van der Waals surface area contributed by atoms with Gasteiger partial charge in [0.2, 0.25) is 0 Å². The molecule has 0 bridgehead atoms. The number of aliphatic hydroxyl groups is 2. The Labute approximate surface area is 111 Å². The van der Waals surface area contributed by atoms with E-state index in [1.165, 1.54) is 12.3 Å². The van der Waals surface area contributed by atoms with Crippen LogP contribution < -0.4 is 11.4 Å². The molecule has 1 aliphatic rings. The fourth-order valence-corrected chi connectivity index (χ4v) is 2.11. The Bertz CT molecular complexity index is 537. The van der Waals surface area contributed by atoms with Gasteiger partial charge in [-0.1, -0.05) is 11.6 Å². The van der Waals surface area contributed by atoms with E-state index in [2.05, 4.69) is 10.1 Å². The second kappa shape index (κ2) is 4.93. The number of nitrogens with zero attached hydrogens (tertiary/aromatic N) is 3. The number of anilines is 1. The monoisotopic (exact) mass is 294 g/mol. The van der Waals surface area contributed by atoms with Gasteiger partial charge in [-0.2, -0.15) is 4.98 Å². The zero-order chi connectivity index (χ0) is 14.2. The molecule has 0 unspecified atom stereocenters. The van der Waals surface area contributed by atoms with Gasteiger partial charge in [0.15, 0.2) is 6.23 Å². The van der Waals surface area contributed by atoms with Crippen molar-refractivity contribution in [1.29, 1.82) is 0 Å². The van der Waals surface area contributed by atoms with E-state index in [1.54, 1.807) is 0 Å². The first kappa shape index (κ1) is 14.0. The summed E-state index contributed by atoms with van der Waals surface area (Å²) in [5.74, 6) is 0.0420. The number of nitrogen functional groups attached to an aromatic ring is 1. The maximum absolute atomic E-state index is 14.3. The van der Waals surface area contributed by atoms with Crippen LogP contribution in [0.3, 0.4) is 0 Å². The van der Waals surface area contributed by atoms with Gasteiger partial charge in [0.25, 0.3) is 10.7 Å². The normalized spacial score (nSPS) is 35.8. The van der Waals surface area contributed by atoms with Gasteiger partial charge < -0.3 is 25.9 Å².